The summed E-state index contributed by atoms with van der Waals surface area (Å²) >= 11 is 0. The zero-order chi connectivity index (χ0) is 16.4. The molecule has 2 aromatic carbocycles. The van der Waals surface area contributed by atoms with Gasteiger partial charge in [0.05, 0.1) is 11.0 Å². The fourth-order valence-electron chi connectivity index (χ4n) is 2.27. The zero-order valence-electron chi connectivity index (χ0n) is 13.2. The van der Waals surface area contributed by atoms with E-state index >= 15 is 0 Å². The molecule has 1 atom stereocenters. The minimum atomic E-state index is -3.59. The van der Waals surface area contributed by atoms with E-state index < -0.39 is 16.1 Å². The molecule has 0 amide bonds. The van der Waals surface area contributed by atoms with Crippen molar-refractivity contribution in [3.8, 4) is 0 Å². The SMILES string of the molecule is CC(C)(C)C(O)CCNS(=O)(=O)c1cccc2ccccc12. The molecule has 2 aromatic rings. The molecule has 1 unspecified atom stereocenters. The minimum Gasteiger partial charge on any atom is -0.393 e. The van der Waals surface area contributed by atoms with Crippen LogP contribution in [0.5, 0.6) is 0 Å². The number of fused-ring (bicyclic) bond motifs is 1. The number of aliphatic hydroxyl groups excluding tert-OH is 1. The smallest absolute Gasteiger partial charge is 0.241 e. The standard InChI is InChI=1S/C17H23NO3S/c1-17(2,3)16(19)11-12-18-22(20,21)15-10-6-8-13-7-4-5-9-14(13)15/h4-10,16,18-19H,11-12H2,1-3H3. The van der Waals surface area contributed by atoms with Crippen molar-refractivity contribution >= 4 is 20.8 Å². The van der Waals surface area contributed by atoms with Crippen molar-refractivity contribution < 1.29 is 13.5 Å². The molecule has 0 bridgehead atoms. The van der Waals surface area contributed by atoms with Gasteiger partial charge in [-0.3, -0.25) is 0 Å². The van der Waals surface area contributed by atoms with Crippen LogP contribution in [0.4, 0.5) is 0 Å². The molecule has 0 fully saturated rings. The maximum Gasteiger partial charge on any atom is 0.241 e. The molecule has 0 spiro atoms. The Morgan fingerprint density at radius 3 is 2.41 bits per heavy atom. The highest BCUT2D eigenvalue weighted by Crippen LogP contribution is 2.23. The number of hydrogen-bond acceptors (Lipinski definition) is 3. The van der Waals surface area contributed by atoms with Gasteiger partial charge in [-0.1, -0.05) is 57.2 Å². The maximum absolute atomic E-state index is 12.5. The van der Waals surface area contributed by atoms with Crippen LogP contribution in [0, 0.1) is 5.41 Å². The van der Waals surface area contributed by atoms with Crippen molar-refractivity contribution in [1.29, 1.82) is 0 Å². The van der Waals surface area contributed by atoms with Crippen LogP contribution < -0.4 is 4.72 Å². The van der Waals surface area contributed by atoms with Gasteiger partial charge in [0.2, 0.25) is 10.0 Å². The summed E-state index contributed by atoms with van der Waals surface area (Å²) in [5.74, 6) is 0. The average molecular weight is 321 g/mol. The average Bonchev–Trinajstić information content (AvgIpc) is 2.45. The Kier molecular flexibility index (Phi) is 4.90. The monoisotopic (exact) mass is 321 g/mol. The van der Waals surface area contributed by atoms with Crippen LogP contribution in [0.1, 0.15) is 27.2 Å². The van der Waals surface area contributed by atoms with E-state index in [0.29, 0.717) is 11.8 Å². The number of aliphatic hydroxyl groups is 1. The van der Waals surface area contributed by atoms with Crippen LogP contribution in [-0.4, -0.2) is 26.2 Å². The third-order valence-corrected chi connectivity index (χ3v) is 5.27. The van der Waals surface area contributed by atoms with Gasteiger partial charge in [-0.05, 0) is 23.3 Å². The second-order valence-corrected chi connectivity index (χ2v) is 8.28. The molecule has 0 aromatic heterocycles. The molecule has 0 aliphatic carbocycles. The highest BCUT2D eigenvalue weighted by Gasteiger charge is 2.23. The minimum absolute atomic E-state index is 0.212. The Morgan fingerprint density at radius 1 is 1.09 bits per heavy atom. The quantitative estimate of drug-likeness (QED) is 0.890. The molecular weight excluding hydrogens is 298 g/mol. The van der Waals surface area contributed by atoms with E-state index in [0.717, 1.165) is 5.39 Å². The zero-order valence-corrected chi connectivity index (χ0v) is 14.0. The molecule has 22 heavy (non-hydrogen) atoms. The summed E-state index contributed by atoms with van der Waals surface area (Å²) in [4.78, 5) is 0.274. The molecule has 0 saturated carbocycles. The van der Waals surface area contributed by atoms with Gasteiger partial charge in [-0.2, -0.15) is 0 Å². The maximum atomic E-state index is 12.5. The summed E-state index contributed by atoms with van der Waals surface area (Å²) < 4.78 is 27.6. The first kappa shape index (κ1) is 16.9. The van der Waals surface area contributed by atoms with Crippen molar-refractivity contribution in [1.82, 2.24) is 4.72 Å². The Morgan fingerprint density at radius 2 is 1.73 bits per heavy atom. The largest absolute Gasteiger partial charge is 0.393 e. The van der Waals surface area contributed by atoms with Crippen molar-refractivity contribution in [2.24, 2.45) is 5.41 Å². The van der Waals surface area contributed by atoms with Gasteiger partial charge in [0.1, 0.15) is 0 Å². The number of sulfonamides is 1. The molecule has 0 aliphatic heterocycles. The molecule has 120 valence electrons. The Hall–Kier alpha value is -1.43. The molecule has 5 heteroatoms. The number of benzene rings is 2. The molecule has 2 N–H and O–H groups in total. The summed E-state index contributed by atoms with van der Waals surface area (Å²) in [5.41, 5.74) is -0.259. The molecule has 0 aliphatic rings. The lowest BCUT2D eigenvalue weighted by molar-refractivity contribution is 0.0571. The lowest BCUT2D eigenvalue weighted by Gasteiger charge is -2.25. The Bertz CT molecular complexity index is 743. The van der Waals surface area contributed by atoms with Crippen molar-refractivity contribution in [3.05, 3.63) is 42.5 Å². The lowest BCUT2D eigenvalue weighted by atomic mass is 9.87. The van der Waals surface area contributed by atoms with E-state index in [-0.39, 0.29) is 16.9 Å². The third-order valence-electron chi connectivity index (χ3n) is 3.75. The summed E-state index contributed by atoms with van der Waals surface area (Å²) in [6.45, 7) is 5.99. The van der Waals surface area contributed by atoms with Gasteiger partial charge in [0.15, 0.2) is 0 Å². The highest BCUT2D eigenvalue weighted by atomic mass is 32.2. The first-order chi connectivity index (χ1) is 10.2. The normalized spacial score (nSPS) is 14.2. The predicted octanol–water partition coefficient (Wildman–Crippen LogP) is 2.92. The van der Waals surface area contributed by atoms with E-state index in [1.54, 1.807) is 18.2 Å². The van der Waals surface area contributed by atoms with Gasteiger partial charge >= 0.3 is 0 Å². The number of rotatable bonds is 5. The topological polar surface area (TPSA) is 66.4 Å². The van der Waals surface area contributed by atoms with Gasteiger partial charge < -0.3 is 5.11 Å². The first-order valence-electron chi connectivity index (χ1n) is 7.37. The van der Waals surface area contributed by atoms with Crippen LogP contribution in [0.15, 0.2) is 47.4 Å². The van der Waals surface area contributed by atoms with Crippen molar-refractivity contribution in [2.75, 3.05) is 6.54 Å². The fourth-order valence-corrected chi connectivity index (χ4v) is 3.55. The van der Waals surface area contributed by atoms with Crippen LogP contribution in [0.2, 0.25) is 0 Å². The van der Waals surface area contributed by atoms with Gasteiger partial charge in [0, 0.05) is 11.9 Å². The fraction of sp³-hybridized carbons (Fsp3) is 0.412. The van der Waals surface area contributed by atoms with Crippen LogP contribution >= 0.6 is 0 Å². The number of hydrogen-bond donors (Lipinski definition) is 2. The number of nitrogens with one attached hydrogen (secondary N) is 1. The predicted molar refractivity (Wildman–Crippen MR) is 89.2 cm³/mol. The summed E-state index contributed by atoms with van der Waals surface area (Å²) in [6.07, 6.45) is -0.171. The van der Waals surface area contributed by atoms with Gasteiger partial charge in [-0.15, -0.1) is 0 Å². The van der Waals surface area contributed by atoms with Crippen molar-refractivity contribution in [2.45, 2.75) is 38.2 Å². The summed E-state index contributed by atoms with van der Waals surface area (Å²) in [6, 6.07) is 12.6. The molecule has 0 saturated heterocycles. The van der Waals surface area contributed by atoms with Crippen molar-refractivity contribution in [3.63, 3.8) is 0 Å². The Balaban J connectivity index is 2.17. The van der Waals surface area contributed by atoms with Gasteiger partial charge in [-0.25, -0.2) is 13.1 Å². The molecule has 0 heterocycles. The highest BCUT2D eigenvalue weighted by molar-refractivity contribution is 7.89. The first-order valence-corrected chi connectivity index (χ1v) is 8.85. The molecule has 2 rings (SSSR count). The lowest BCUT2D eigenvalue weighted by Crippen LogP contribution is -2.32. The van der Waals surface area contributed by atoms with Crippen LogP contribution in [0.25, 0.3) is 10.8 Å². The molecule has 0 radical (unpaired) electrons. The van der Waals surface area contributed by atoms with E-state index in [1.165, 1.54) is 0 Å². The molecule has 4 nitrogen and oxygen atoms in total. The van der Waals surface area contributed by atoms with E-state index in [4.69, 9.17) is 0 Å². The molecular formula is C17H23NO3S. The van der Waals surface area contributed by atoms with E-state index in [9.17, 15) is 13.5 Å². The van der Waals surface area contributed by atoms with E-state index in [1.807, 2.05) is 45.0 Å². The second kappa shape index (κ2) is 6.36. The Labute approximate surface area is 132 Å². The second-order valence-electron chi connectivity index (χ2n) is 6.55. The summed E-state index contributed by atoms with van der Waals surface area (Å²) in [5, 5.41) is 11.6. The van der Waals surface area contributed by atoms with Gasteiger partial charge in [0.25, 0.3) is 0 Å². The van der Waals surface area contributed by atoms with Crippen LogP contribution in [-0.2, 0) is 10.0 Å². The third kappa shape index (κ3) is 3.85. The summed E-state index contributed by atoms with van der Waals surface area (Å²) in [7, 11) is -3.59. The van der Waals surface area contributed by atoms with E-state index in [2.05, 4.69) is 4.72 Å². The van der Waals surface area contributed by atoms with Crippen LogP contribution in [0.3, 0.4) is 0 Å².